The van der Waals surface area contributed by atoms with Crippen LogP contribution >= 0.6 is 0 Å². The average Bonchev–Trinajstić information content (AvgIpc) is 2.16. The summed E-state index contributed by atoms with van der Waals surface area (Å²) in [5.41, 5.74) is 3.75. The van der Waals surface area contributed by atoms with Crippen LogP contribution in [0.25, 0.3) is 0 Å². The molecule has 0 bridgehead atoms. The molecule has 1 aromatic rings. The van der Waals surface area contributed by atoms with Crippen molar-refractivity contribution in [3.63, 3.8) is 0 Å². The van der Waals surface area contributed by atoms with Crippen molar-refractivity contribution in [1.82, 2.24) is 5.43 Å². The largest absolute Gasteiger partial charge is 0.496 e. The predicted molar refractivity (Wildman–Crippen MR) is 48.7 cm³/mol. The van der Waals surface area contributed by atoms with Gasteiger partial charge in [0, 0.05) is 11.6 Å². The smallest absolute Gasteiger partial charge is 0.123 e. The minimum absolute atomic E-state index is 0.112. The second-order valence-corrected chi connectivity index (χ2v) is 2.63. The van der Waals surface area contributed by atoms with Crippen molar-refractivity contribution in [2.45, 2.75) is 13.0 Å². The fraction of sp³-hybridized carbons (Fsp3) is 0.333. The van der Waals surface area contributed by atoms with Gasteiger partial charge in [-0.05, 0) is 13.0 Å². The third kappa shape index (κ3) is 1.75. The lowest BCUT2D eigenvalue weighted by molar-refractivity contribution is 0.402. The van der Waals surface area contributed by atoms with E-state index < -0.39 is 0 Å². The van der Waals surface area contributed by atoms with Crippen LogP contribution in [0.15, 0.2) is 24.3 Å². The number of nitrogens with two attached hydrogens (primary N) is 1. The Kier molecular flexibility index (Phi) is 3.08. The minimum atomic E-state index is 0.112. The van der Waals surface area contributed by atoms with Gasteiger partial charge in [-0.25, -0.2) is 0 Å². The van der Waals surface area contributed by atoms with E-state index in [-0.39, 0.29) is 6.04 Å². The zero-order valence-corrected chi connectivity index (χ0v) is 7.37. The predicted octanol–water partition coefficient (Wildman–Crippen LogP) is 1.22. The van der Waals surface area contributed by atoms with E-state index in [9.17, 15) is 0 Å². The molecule has 1 rings (SSSR count). The van der Waals surface area contributed by atoms with Crippen molar-refractivity contribution in [3.8, 4) is 5.75 Å². The van der Waals surface area contributed by atoms with Gasteiger partial charge in [0.2, 0.25) is 0 Å². The van der Waals surface area contributed by atoms with Gasteiger partial charge in [0.05, 0.1) is 7.11 Å². The highest BCUT2D eigenvalue weighted by Crippen LogP contribution is 2.23. The van der Waals surface area contributed by atoms with E-state index in [2.05, 4.69) is 5.43 Å². The lowest BCUT2D eigenvalue weighted by Gasteiger charge is -2.13. The number of hydrogen-bond acceptors (Lipinski definition) is 3. The average molecular weight is 166 g/mol. The first-order valence-electron chi connectivity index (χ1n) is 3.88. The van der Waals surface area contributed by atoms with E-state index in [0.29, 0.717) is 0 Å². The molecular weight excluding hydrogens is 152 g/mol. The summed E-state index contributed by atoms with van der Waals surface area (Å²) in [7, 11) is 1.65. The summed E-state index contributed by atoms with van der Waals surface area (Å²) in [5, 5.41) is 0. The summed E-state index contributed by atoms with van der Waals surface area (Å²) >= 11 is 0. The molecule has 0 radical (unpaired) electrons. The molecule has 0 aliphatic carbocycles. The standard InChI is InChI=1S/C9H14N2O/c1-7(11-10)8-5-3-4-6-9(8)12-2/h3-7,11H,10H2,1-2H3/t7-/m0/s1. The summed E-state index contributed by atoms with van der Waals surface area (Å²) in [6, 6.07) is 7.92. The van der Waals surface area contributed by atoms with Gasteiger partial charge in [0.25, 0.3) is 0 Å². The van der Waals surface area contributed by atoms with Crippen LogP contribution in [0.5, 0.6) is 5.75 Å². The van der Waals surface area contributed by atoms with Gasteiger partial charge in [-0.3, -0.25) is 11.3 Å². The highest BCUT2D eigenvalue weighted by atomic mass is 16.5. The maximum absolute atomic E-state index is 5.32. The Morgan fingerprint density at radius 2 is 2.08 bits per heavy atom. The number of para-hydroxylation sites is 1. The lowest BCUT2D eigenvalue weighted by Crippen LogP contribution is -2.25. The molecule has 0 spiro atoms. The van der Waals surface area contributed by atoms with Crippen molar-refractivity contribution < 1.29 is 4.74 Å². The summed E-state index contributed by atoms with van der Waals surface area (Å²) < 4.78 is 5.17. The Balaban J connectivity index is 2.96. The SMILES string of the molecule is COc1ccccc1[C@H](C)NN. The fourth-order valence-corrected chi connectivity index (χ4v) is 1.11. The van der Waals surface area contributed by atoms with Gasteiger partial charge in [-0.1, -0.05) is 18.2 Å². The van der Waals surface area contributed by atoms with Crippen molar-refractivity contribution in [2.75, 3.05) is 7.11 Å². The van der Waals surface area contributed by atoms with E-state index in [1.807, 2.05) is 31.2 Å². The number of hydrogen-bond donors (Lipinski definition) is 2. The van der Waals surface area contributed by atoms with Crippen molar-refractivity contribution in [1.29, 1.82) is 0 Å². The van der Waals surface area contributed by atoms with E-state index in [1.165, 1.54) is 0 Å². The van der Waals surface area contributed by atoms with E-state index in [4.69, 9.17) is 10.6 Å². The quantitative estimate of drug-likeness (QED) is 0.524. The molecule has 0 aromatic heterocycles. The third-order valence-electron chi connectivity index (χ3n) is 1.86. The molecule has 3 N–H and O–H groups in total. The van der Waals surface area contributed by atoms with Crippen LogP contribution in [0, 0.1) is 0 Å². The second-order valence-electron chi connectivity index (χ2n) is 2.63. The Morgan fingerprint density at radius 3 is 2.67 bits per heavy atom. The molecule has 0 saturated heterocycles. The molecule has 0 fully saturated rings. The number of benzene rings is 1. The fourth-order valence-electron chi connectivity index (χ4n) is 1.11. The second kappa shape index (κ2) is 4.09. The topological polar surface area (TPSA) is 47.3 Å². The van der Waals surface area contributed by atoms with Crippen molar-refractivity contribution >= 4 is 0 Å². The first-order chi connectivity index (χ1) is 5.79. The number of ether oxygens (including phenoxy) is 1. The highest BCUT2D eigenvalue weighted by Gasteiger charge is 2.07. The molecule has 1 aromatic carbocycles. The number of rotatable bonds is 3. The molecular formula is C9H14N2O. The zero-order valence-electron chi connectivity index (χ0n) is 7.37. The summed E-state index contributed by atoms with van der Waals surface area (Å²) in [6.45, 7) is 1.98. The van der Waals surface area contributed by atoms with Gasteiger partial charge < -0.3 is 4.74 Å². The van der Waals surface area contributed by atoms with E-state index in [1.54, 1.807) is 7.11 Å². The molecule has 0 heterocycles. The van der Waals surface area contributed by atoms with E-state index in [0.717, 1.165) is 11.3 Å². The lowest BCUT2D eigenvalue weighted by atomic mass is 10.1. The van der Waals surface area contributed by atoms with Crippen LogP contribution < -0.4 is 16.0 Å². The Hall–Kier alpha value is -1.06. The first-order valence-corrected chi connectivity index (χ1v) is 3.88. The van der Waals surface area contributed by atoms with Crippen molar-refractivity contribution in [3.05, 3.63) is 29.8 Å². The molecule has 0 aliphatic rings. The van der Waals surface area contributed by atoms with Crippen LogP contribution in [-0.4, -0.2) is 7.11 Å². The maximum Gasteiger partial charge on any atom is 0.123 e. The van der Waals surface area contributed by atoms with Crippen LogP contribution in [0.3, 0.4) is 0 Å². The zero-order chi connectivity index (χ0) is 8.97. The van der Waals surface area contributed by atoms with Crippen LogP contribution in [-0.2, 0) is 0 Å². The number of methoxy groups -OCH3 is 1. The molecule has 66 valence electrons. The monoisotopic (exact) mass is 166 g/mol. The minimum Gasteiger partial charge on any atom is -0.496 e. The van der Waals surface area contributed by atoms with Gasteiger partial charge >= 0.3 is 0 Å². The summed E-state index contributed by atoms with van der Waals surface area (Å²) in [4.78, 5) is 0. The Labute approximate surface area is 72.5 Å². The molecule has 0 aliphatic heterocycles. The molecule has 12 heavy (non-hydrogen) atoms. The molecule has 0 amide bonds. The molecule has 1 atom stereocenters. The molecule has 0 unspecified atom stereocenters. The Bertz CT molecular complexity index is 250. The number of nitrogens with one attached hydrogen (secondary N) is 1. The van der Waals surface area contributed by atoms with Gasteiger partial charge in [0.1, 0.15) is 5.75 Å². The van der Waals surface area contributed by atoms with Crippen LogP contribution in [0.1, 0.15) is 18.5 Å². The third-order valence-corrected chi connectivity index (χ3v) is 1.86. The Morgan fingerprint density at radius 1 is 1.42 bits per heavy atom. The van der Waals surface area contributed by atoms with Crippen molar-refractivity contribution in [2.24, 2.45) is 5.84 Å². The molecule has 3 heteroatoms. The number of hydrazine groups is 1. The summed E-state index contributed by atoms with van der Waals surface area (Å²) in [6.07, 6.45) is 0. The van der Waals surface area contributed by atoms with E-state index >= 15 is 0 Å². The van der Waals surface area contributed by atoms with Crippen LogP contribution in [0.4, 0.5) is 0 Å². The highest BCUT2D eigenvalue weighted by molar-refractivity contribution is 5.35. The molecule has 0 saturated carbocycles. The van der Waals surface area contributed by atoms with Gasteiger partial charge in [-0.2, -0.15) is 0 Å². The summed E-state index contributed by atoms with van der Waals surface area (Å²) in [5.74, 6) is 6.19. The van der Waals surface area contributed by atoms with Gasteiger partial charge in [-0.15, -0.1) is 0 Å². The molecule has 3 nitrogen and oxygen atoms in total. The van der Waals surface area contributed by atoms with Gasteiger partial charge in [0.15, 0.2) is 0 Å². The first kappa shape index (κ1) is 9.03. The van der Waals surface area contributed by atoms with Crippen LogP contribution in [0.2, 0.25) is 0 Å². The maximum atomic E-state index is 5.32. The normalized spacial score (nSPS) is 12.6.